The molecule has 31 heavy (non-hydrogen) atoms. The molecule has 1 aliphatic carbocycles. The maximum absolute atomic E-state index is 12.7. The minimum Gasteiger partial charge on any atom is -0.458 e. The third kappa shape index (κ3) is 3.57. The van der Waals surface area contributed by atoms with Crippen LogP contribution in [0.4, 0.5) is 0 Å². The Hall–Kier alpha value is -2.93. The fourth-order valence-corrected chi connectivity index (χ4v) is 4.88. The Morgan fingerprint density at radius 1 is 1.35 bits per heavy atom. The van der Waals surface area contributed by atoms with Gasteiger partial charge in [0.25, 0.3) is 0 Å². The summed E-state index contributed by atoms with van der Waals surface area (Å²) < 4.78 is 10.7. The van der Waals surface area contributed by atoms with Crippen molar-refractivity contribution in [1.82, 2.24) is 5.32 Å². The molecular formula is C24H27NO6. The monoisotopic (exact) mass is 425 g/mol. The standard InChI is InChI=1S/C24H27NO6/c1-23-18(13-8-14-19(26)30-15-16-9-4-2-5-10-16)21(28)25-24(23,22(29)31-23)20(27)17-11-6-3-7-12-17/h2,4-6,8-11,14,17-18,20,27H,3,7,12-13,15H2,1H3,(H,25,28)/b14-8+/t17-,18+,20+,23+,24+/m1/s1. The molecular weight excluding hydrogens is 398 g/mol. The molecule has 4 rings (SSSR count). The van der Waals surface area contributed by atoms with Crippen molar-refractivity contribution < 1.29 is 29.0 Å². The van der Waals surface area contributed by atoms with Gasteiger partial charge in [0.1, 0.15) is 6.61 Å². The van der Waals surface area contributed by atoms with Gasteiger partial charge in [-0.05, 0) is 38.2 Å². The van der Waals surface area contributed by atoms with Crippen molar-refractivity contribution in [1.29, 1.82) is 0 Å². The second kappa shape index (κ2) is 8.30. The van der Waals surface area contributed by atoms with Crippen LogP contribution in [-0.2, 0) is 30.5 Å². The van der Waals surface area contributed by atoms with Gasteiger partial charge in [-0.3, -0.25) is 4.79 Å². The average Bonchev–Trinajstić information content (AvgIpc) is 2.96. The van der Waals surface area contributed by atoms with Gasteiger partial charge in [-0.25, -0.2) is 9.59 Å². The smallest absolute Gasteiger partial charge is 0.339 e. The van der Waals surface area contributed by atoms with Gasteiger partial charge in [-0.15, -0.1) is 0 Å². The van der Waals surface area contributed by atoms with Crippen LogP contribution in [0.2, 0.25) is 0 Å². The number of allylic oxidation sites excluding steroid dienone is 2. The van der Waals surface area contributed by atoms with Gasteiger partial charge < -0.3 is 19.9 Å². The molecule has 0 aromatic heterocycles. The van der Waals surface area contributed by atoms with Crippen LogP contribution in [-0.4, -0.2) is 40.2 Å². The van der Waals surface area contributed by atoms with Crippen LogP contribution in [0.15, 0.2) is 54.6 Å². The van der Waals surface area contributed by atoms with E-state index in [1.165, 1.54) is 6.08 Å². The normalized spacial score (nSPS) is 32.7. The molecule has 7 heteroatoms. The second-order valence-electron chi connectivity index (χ2n) is 8.55. The minimum atomic E-state index is -1.46. The van der Waals surface area contributed by atoms with Crippen molar-refractivity contribution in [3.05, 3.63) is 60.2 Å². The van der Waals surface area contributed by atoms with Crippen molar-refractivity contribution in [2.24, 2.45) is 11.8 Å². The summed E-state index contributed by atoms with van der Waals surface area (Å²) in [6.07, 6.45) is 8.47. The summed E-state index contributed by atoms with van der Waals surface area (Å²) in [6, 6.07) is 9.33. The van der Waals surface area contributed by atoms with Gasteiger partial charge in [-0.2, -0.15) is 0 Å². The highest BCUT2D eigenvalue weighted by Gasteiger charge is 2.79. The number of carbonyl (C=O) groups is 3. The van der Waals surface area contributed by atoms with Crippen molar-refractivity contribution >= 4 is 17.8 Å². The highest BCUT2D eigenvalue weighted by molar-refractivity contribution is 6.02. The predicted molar refractivity (Wildman–Crippen MR) is 111 cm³/mol. The molecule has 2 fully saturated rings. The van der Waals surface area contributed by atoms with Gasteiger partial charge in [-0.1, -0.05) is 48.6 Å². The Bertz CT molecular complexity index is 925. The molecule has 2 N–H and O–H groups in total. The zero-order valence-corrected chi connectivity index (χ0v) is 17.5. The SMILES string of the molecule is C[C@@]12OC(=O)[C@]1([C@@H](O)[C@@H]1C=CCCC1)NC(=O)[C@@H]2C/C=C/C(=O)OCc1ccccc1. The molecule has 1 aromatic carbocycles. The quantitative estimate of drug-likeness (QED) is 0.395. The Balaban J connectivity index is 1.41. The number of fused-ring (bicyclic) bond motifs is 1. The lowest BCUT2D eigenvalue weighted by Crippen LogP contribution is -2.80. The molecule has 3 aliphatic rings. The van der Waals surface area contributed by atoms with E-state index in [2.05, 4.69) is 5.32 Å². The van der Waals surface area contributed by atoms with Crippen LogP contribution >= 0.6 is 0 Å². The maximum atomic E-state index is 12.7. The van der Waals surface area contributed by atoms with E-state index in [1.54, 1.807) is 13.0 Å². The number of hydrogen-bond donors (Lipinski definition) is 2. The van der Waals surface area contributed by atoms with Crippen molar-refractivity contribution in [3.8, 4) is 0 Å². The molecule has 0 bridgehead atoms. The Labute approximate surface area is 181 Å². The van der Waals surface area contributed by atoms with E-state index in [9.17, 15) is 19.5 Å². The zero-order chi connectivity index (χ0) is 22.1. The first kappa shape index (κ1) is 21.3. The van der Waals surface area contributed by atoms with Gasteiger partial charge in [0, 0.05) is 12.0 Å². The number of amides is 1. The fourth-order valence-electron chi connectivity index (χ4n) is 4.88. The van der Waals surface area contributed by atoms with Crippen molar-refractivity contribution in [2.75, 3.05) is 0 Å². The van der Waals surface area contributed by atoms with Crippen molar-refractivity contribution in [3.63, 3.8) is 0 Å². The number of aliphatic hydroxyl groups is 1. The molecule has 164 valence electrons. The molecule has 1 amide bonds. The predicted octanol–water partition coefficient (Wildman–Crippen LogP) is 2.19. The third-order valence-electron chi connectivity index (χ3n) is 6.70. The highest BCUT2D eigenvalue weighted by atomic mass is 16.6. The highest BCUT2D eigenvalue weighted by Crippen LogP contribution is 2.53. The summed E-state index contributed by atoms with van der Waals surface area (Å²) in [7, 11) is 0. The number of esters is 2. The number of hydrogen-bond acceptors (Lipinski definition) is 6. The minimum absolute atomic E-state index is 0.160. The summed E-state index contributed by atoms with van der Waals surface area (Å²) in [5, 5.41) is 13.8. The number of nitrogens with one attached hydrogen (secondary N) is 1. The molecule has 2 aliphatic heterocycles. The first-order chi connectivity index (χ1) is 14.9. The van der Waals surface area contributed by atoms with E-state index >= 15 is 0 Å². The number of rotatable bonds is 7. The lowest BCUT2D eigenvalue weighted by Gasteiger charge is -2.54. The topological polar surface area (TPSA) is 102 Å². The number of aliphatic hydroxyl groups excluding tert-OH is 1. The van der Waals surface area contributed by atoms with Crippen molar-refractivity contribution in [2.45, 2.75) is 56.5 Å². The molecule has 7 nitrogen and oxygen atoms in total. The van der Waals surface area contributed by atoms with E-state index in [1.807, 2.05) is 42.5 Å². The summed E-state index contributed by atoms with van der Waals surface area (Å²) in [6.45, 7) is 1.84. The maximum Gasteiger partial charge on any atom is 0.339 e. The van der Waals surface area contributed by atoms with E-state index < -0.39 is 35.1 Å². The first-order valence-corrected chi connectivity index (χ1v) is 10.7. The lowest BCUT2D eigenvalue weighted by atomic mass is 9.64. The molecule has 0 unspecified atom stereocenters. The number of benzene rings is 1. The van der Waals surface area contributed by atoms with Gasteiger partial charge >= 0.3 is 11.9 Å². The van der Waals surface area contributed by atoms with Gasteiger partial charge in [0.05, 0.1) is 12.0 Å². The molecule has 2 saturated heterocycles. The molecule has 1 aromatic rings. The largest absolute Gasteiger partial charge is 0.458 e. The van der Waals surface area contributed by atoms with Crippen LogP contribution < -0.4 is 5.32 Å². The van der Waals surface area contributed by atoms with E-state index in [0.717, 1.165) is 24.8 Å². The Morgan fingerprint density at radius 3 is 2.81 bits per heavy atom. The van der Waals surface area contributed by atoms with Crippen LogP contribution in [0.1, 0.15) is 38.2 Å². The Kier molecular flexibility index (Phi) is 5.71. The second-order valence-corrected chi connectivity index (χ2v) is 8.55. The molecule has 5 atom stereocenters. The Morgan fingerprint density at radius 2 is 2.13 bits per heavy atom. The third-order valence-corrected chi connectivity index (χ3v) is 6.70. The first-order valence-electron chi connectivity index (χ1n) is 10.7. The molecule has 2 heterocycles. The average molecular weight is 425 g/mol. The summed E-state index contributed by atoms with van der Waals surface area (Å²) in [4.78, 5) is 37.2. The van der Waals surface area contributed by atoms with E-state index in [-0.39, 0.29) is 24.9 Å². The lowest BCUT2D eigenvalue weighted by molar-refractivity contribution is -0.237. The van der Waals surface area contributed by atoms with E-state index in [4.69, 9.17) is 9.47 Å². The summed E-state index contributed by atoms with van der Waals surface area (Å²) >= 11 is 0. The molecule has 0 spiro atoms. The summed E-state index contributed by atoms with van der Waals surface area (Å²) in [5.41, 5.74) is -1.75. The summed E-state index contributed by atoms with van der Waals surface area (Å²) in [5.74, 6) is -2.41. The van der Waals surface area contributed by atoms with Gasteiger partial charge in [0.2, 0.25) is 11.4 Å². The fraction of sp³-hybridized carbons (Fsp3) is 0.458. The molecule has 0 radical (unpaired) electrons. The van der Waals surface area contributed by atoms with Gasteiger partial charge in [0.15, 0.2) is 5.60 Å². The number of ether oxygens (including phenoxy) is 2. The van der Waals surface area contributed by atoms with Crippen LogP contribution in [0.25, 0.3) is 0 Å². The van der Waals surface area contributed by atoms with Crippen LogP contribution in [0.3, 0.4) is 0 Å². The molecule has 0 saturated carbocycles. The van der Waals surface area contributed by atoms with E-state index in [0.29, 0.717) is 0 Å². The zero-order valence-electron chi connectivity index (χ0n) is 17.5. The van der Waals surface area contributed by atoms with Crippen LogP contribution in [0, 0.1) is 11.8 Å². The van der Waals surface area contributed by atoms with Crippen LogP contribution in [0.5, 0.6) is 0 Å². The number of carbonyl (C=O) groups excluding carboxylic acids is 3.